The van der Waals surface area contributed by atoms with Gasteiger partial charge in [-0.2, -0.15) is 0 Å². The Labute approximate surface area is 823 Å². The second-order valence-electron chi connectivity index (χ2n) is 34.3. The van der Waals surface area contributed by atoms with Gasteiger partial charge in [-0.05, 0) is 309 Å². The molecule has 36 heteroatoms. The summed E-state index contributed by atoms with van der Waals surface area (Å²) in [6.45, 7) is 5.20. The van der Waals surface area contributed by atoms with Gasteiger partial charge in [-0.1, -0.05) is 53.4 Å². The molecule has 12 aromatic carbocycles. The average Bonchev–Trinajstić information content (AvgIpc) is 1.48. The Bertz CT molecular complexity index is 6900. The van der Waals surface area contributed by atoms with Crippen LogP contribution in [0.4, 0.5) is 105 Å². The molecule has 0 spiro atoms. The molecule has 0 aliphatic carbocycles. The first-order valence-electron chi connectivity index (χ1n) is 45.5. The first kappa shape index (κ1) is 103. The third-order valence-corrected chi connectivity index (χ3v) is 24.5. The van der Waals surface area contributed by atoms with E-state index in [1.807, 2.05) is 0 Å². The zero-order valence-electron chi connectivity index (χ0n) is 77.2. The molecule has 5 heterocycles. The molecule has 0 fully saturated rings. The highest BCUT2D eigenvalue weighted by Gasteiger charge is 2.36. The number of unbranched alkanes of at least 4 members (excludes halogenated alkanes) is 4. The van der Waals surface area contributed by atoms with Gasteiger partial charge < -0.3 is 28.9 Å². The molecular weight excluding hydrogens is 1990 g/mol. The minimum Gasteiger partial charge on any atom is -0.462 e. The lowest BCUT2D eigenvalue weighted by Gasteiger charge is -2.21. The standard InChI is InChI=1S/C112H70F24N4O8/c1-5-9-21-145-109(141)57-25-61(49-33-69(113)101(129)70(114)34-49)93(62(26-57)50-35-71(115)102(130)72(116)36-50)97-85-13-15-87(137-85)98(94-63(51-37-73(117)103(131)74(118)38-51)27-58(110(142)146-22-10-6-2)28-64(94)52-39-75(119)104(132)76(120)40-52)89-17-19-91(139-89)100(96-67(55-45-81(125)107(135)82(126)46-55)31-60(112(144)148-24-12-8-4)32-68(96)56-47-83(127)108(136)84(128)48-56)92-20-18-90(140-92)99(88-16-14-86(97)138-88)95-65(53-41-77(121)105(133)78(122)42-53)29-59(111(143)147-23-11-7-3)30-66(95)54-43-79(123)106(134)80(124)44-54/h13-20,25-48,137,140H,5-12,21-24H2,1-4H3. The smallest absolute Gasteiger partial charge is 0.338 e. The summed E-state index contributed by atoms with van der Waals surface area (Å²) in [5.41, 5.74) is -26.0. The van der Waals surface area contributed by atoms with Crippen molar-refractivity contribution in [3.05, 3.63) is 355 Å². The van der Waals surface area contributed by atoms with Crippen molar-refractivity contribution in [2.75, 3.05) is 26.4 Å². The maximum absolute atomic E-state index is 16.7. The van der Waals surface area contributed by atoms with E-state index in [4.69, 9.17) is 28.9 Å². The van der Waals surface area contributed by atoms with Crippen molar-refractivity contribution in [1.82, 2.24) is 19.9 Å². The third kappa shape index (κ3) is 19.9. The van der Waals surface area contributed by atoms with Crippen LogP contribution < -0.4 is 0 Å². The van der Waals surface area contributed by atoms with Crippen LogP contribution in [0.1, 0.15) is 143 Å². The Balaban J connectivity index is 1.20. The van der Waals surface area contributed by atoms with Gasteiger partial charge in [0.25, 0.3) is 0 Å². The molecule has 0 amide bonds. The second-order valence-corrected chi connectivity index (χ2v) is 34.3. The predicted molar refractivity (Wildman–Crippen MR) is 504 cm³/mol. The average molecular weight is 2060 g/mol. The van der Waals surface area contributed by atoms with Gasteiger partial charge in [-0.15, -0.1) is 0 Å². The van der Waals surface area contributed by atoms with Crippen molar-refractivity contribution in [2.24, 2.45) is 0 Å². The number of fused-ring (bicyclic) bond motifs is 8. The first-order chi connectivity index (χ1) is 70.8. The zero-order chi connectivity index (χ0) is 106. The molecule has 3 aromatic heterocycles. The van der Waals surface area contributed by atoms with Crippen LogP contribution in [-0.2, 0) is 18.9 Å². The van der Waals surface area contributed by atoms with Crippen LogP contribution in [0, 0.1) is 140 Å². The molecule has 0 saturated heterocycles. The lowest BCUT2D eigenvalue weighted by atomic mass is 9.85. The van der Waals surface area contributed by atoms with Crippen molar-refractivity contribution in [3.8, 4) is 134 Å². The van der Waals surface area contributed by atoms with Gasteiger partial charge in [-0.3, -0.25) is 0 Å². The highest BCUT2D eigenvalue weighted by molar-refractivity contribution is 6.14. The van der Waals surface area contributed by atoms with Crippen LogP contribution in [0.15, 0.2) is 170 Å². The molecule has 8 bridgehead atoms. The number of esters is 4. The summed E-state index contributed by atoms with van der Waals surface area (Å²) in [7, 11) is 0. The number of aromatic nitrogens is 4. The maximum atomic E-state index is 16.7. The monoisotopic (exact) mass is 2050 g/mol. The lowest BCUT2D eigenvalue weighted by molar-refractivity contribution is 0.0490. The number of benzene rings is 12. The number of ether oxygens (including phenoxy) is 4. The fourth-order valence-corrected chi connectivity index (χ4v) is 17.5. The SMILES string of the molecule is CCCCOC(=O)c1cc(-c2cc(F)c(F)c(F)c2)c(-c2c3nc(c(-c4c(-c5cc(F)c(F)c(F)c5)cc(C(=O)OCCCC)cc4-c4cc(F)c(F)c(F)c4)c4ccc([nH]4)c(-c4c(-c5cc(F)c(F)c(F)c5)cc(C(=O)OCCCC)cc4-c4cc(F)c(F)c(F)c4)c4nc(c(-c5c(-c6cc(F)c(F)c(F)c6)cc(C(=O)OCCCC)cc5-c5cc(F)c(F)c(F)c5)c5ccc2[nH]5)C=C4)C=C3)c(-c2cc(F)c(F)c(F)c2)c1. The van der Waals surface area contributed by atoms with Gasteiger partial charge in [0.15, 0.2) is 140 Å². The van der Waals surface area contributed by atoms with E-state index in [0.717, 1.165) is 97.1 Å². The molecule has 2 aliphatic heterocycles. The molecule has 12 nitrogen and oxygen atoms in total. The van der Waals surface area contributed by atoms with E-state index in [1.165, 1.54) is 0 Å². The second kappa shape index (κ2) is 42.2. The van der Waals surface area contributed by atoms with Crippen LogP contribution in [0.5, 0.6) is 0 Å². The molecular formula is C112H70F24N4O8. The quantitative estimate of drug-likeness (QED) is 0.0159. The van der Waals surface area contributed by atoms with Gasteiger partial charge >= 0.3 is 23.9 Å². The van der Waals surface area contributed by atoms with Gasteiger partial charge in [0.05, 0.1) is 71.5 Å². The summed E-state index contributed by atoms with van der Waals surface area (Å²) >= 11 is 0. The van der Waals surface area contributed by atoms with E-state index in [2.05, 4.69) is 9.97 Å². The van der Waals surface area contributed by atoms with E-state index >= 15 is 105 Å². The molecule has 0 atom stereocenters. The summed E-state index contributed by atoms with van der Waals surface area (Å²) < 4.78 is 417. The normalized spacial score (nSPS) is 11.8. The topological polar surface area (TPSA) is 163 Å². The number of hydrogen-bond acceptors (Lipinski definition) is 10. The Morgan fingerprint density at radius 3 is 0.473 bits per heavy atom. The molecule has 0 unspecified atom stereocenters. The number of rotatable bonds is 28. The minimum absolute atomic E-state index is 0.147. The molecule has 15 aromatic rings. The number of H-pyrrole nitrogens is 2. The predicted octanol–water partition coefficient (Wildman–Crippen LogP) is 31.8. The zero-order valence-corrected chi connectivity index (χ0v) is 77.2. The van der Waals surface area contributed by atoms with Crippen LogP contribution >= 0.6 is 0 Å². The fraction of sp³-hybridized carbons (Fsp3) is 0.143. The highest BCUT2D eigenvalue weighted by Crippen LogP contribution is 2.54. The van der Waals surface area contributed by atoms with Crippen molar-refractivity contribution in [3.63, 3.8) is 0 Å². The number of hydrogen-bond donors (Lipinski definition) is 2. The van der Waals surface area contributed by atoms with E-state index in [1.54, 1.807) is 27.7 Å². The first-order valence-corrected chi connectivity index (χ1v) is 45.5. The Morgan fingerprint density at radius 2 is 0.345 bits per heavy atom. The maximum Gasteiger partial charge on any atom is 0.338 e. The Kier molecular flexibility index (Phi) is 29.4. The Hall–Kier alpha value is -16.6. The highest BCUT2D eigenvalue weighted by atomic mass is 19.2. The van der Waals surface area contributed by atoms with E-state index in [-0.39, 0.29) is 52.1 Å². The summed E-state index contributed by atoms with van der Waals surface area (Å²) in [4.78, 5) is 76.2. The minimum atomic E-state index is -2.14. The largest absolute Gasteiger partial charge is 0.462 e. The molecule has 2 N–H and O–H groups in total. The number of nitrogens with zero attached hydrogens (tertiary/aromatic N) is 2. The van der Waals surface area contributed by atoms with Crippen LogP contribution in [0.25, 0.3) is 180 Å². The number of carbonyl (C=O) groups is 4. The summed E-state index contributed by atoms with van der Waals surface area (Å²) in [6.07, 6.45) is 6.15. The van der Waals surface area contributed by atoms with E-state index < -0.39 is 364 Å². The Morgan fingerprint density at radius 1 is 0.209 bits per heavy atom. The van der Waals surface area contributed by atoms with Gasteiger partial charge in [0.2, 0.25) is 0 Å². The molecule has 754 valence electrons. The number of halogens is 24. The van der Waals surface area contributed by atoms with Gasteiger partial charge in [0, 0.05) is 66.6 Å². The molecule has 17 rings (SSSR count). The number of nitrogens with one attached hydrogen (secondary N) is 2. The summed E-state index contributed by atoms with van der Waals surface area (Å²) in [5.74, 6) is -54.3. The van der Waals surface area contributed by atoms with Crippen LogP contribution in [0.3, 0.4) is 0 Å². The van der Waals surface area contributed by atoms with Crippen molar-refractivity contribution in [1.29, 1.82) is 0 Å². The van der Waals surface area contributed by atoms with Crippen molar-refractivity contribution < 1.29 is 143 Å². The molecule has 0 saturated carbocycles. The number of carbonyl (C=O) groups excluding carboxylic acids is 4. The summed E-state index contributed by atoms with van der Waals surface area (Å²) in [6, 6.07) is 17.0. The lowest BCUT2D eigenvalue weighted by Crippen LogP contribution is -2.08. The van der Waals surface area contributed by atoms with Crippen molar-refractivity contribution >= 4 is 70.2 Å². The van der Waals surface area contributed by atoms with Crippen molar-refractivity contribution in [2.45, 2.75) is 79.1 Å². The third-order valence-electron chi connectivity index (χ3n) is 24.5. The molecule has 148 heavy (non-hydrogen) atoms. The summed E-state index contributed by atoms with van der Waals surface area (Å²) in [5, 5.41) is 0. The van der Waals surface area contributed by atoms with Gasteiger partial charge in [0.1, 0.15) is 0 Å². The fourth-order valence-electron chi connectivity index (χ4n) is 17.5. The van der Waals surface area contributed by atoms with Crippen LogP contribution in [0.2, 0.25) is 0 Å². The van der Waals surface area contributed by atoms with Gasteiger partial charge in [-0.25, -0.2) is 135 Å². The van der Waals surface area contributed by atoms with E-state index in [0.29, 0.717) is 123 Å². The van der Waals surface area contributed by atoms with E-state index in [9.17, 15) is 19.2 Å². The molecule has 0 radical (unpaired) electrons. The molecule has 2 aliphatic rings. The number of aromatic amines is 2. The van der Waals surface area contributed by atoms with Crippen LogP contribution in [-0.4, -0.2) is 70.2 Å².